The number of carbonyl (C=O) groups is 1. The van der Waals surface area contributed by atoms with E-state index in [-0.39, 0.29) is 12.0 Å². The monoisotopic (exact) mass is 311 g/mol. The van der Waals surface area contributed by atoms with Crippen LogP contribution < -0.4 is 4.74 Å². The molecular formula is C18H21N3O2. The van der Waals surface area contributed by atoms with Crippen LogP contribution in [-0.2, 0) is 11.2 Å². The third-order valence-electron chi connectivity index (χ3n) is 4.89. The summed E-state index contributed by atoms with van der Waals surface area (Å²) in [5.41, 5.74) is 1.13. The number of imidazole rings is 1. The minimum Gasteiger partial charge on any atom is -0.480 e. The number of benzene rings is 1. The number of likely N-dealkylation sites (tertiary alicyclic amines) is 1. The third-order valence-corrected chi connectivity index (χ3v) is 4.89. The molecule has 0 unspecified atom stereocenters. The van der Waals surface area contributed by atoms with Crippen LogP contribution in [0.3, 0.4) is 0 Å². The molecular weight excluding hydrogens is 290 g/mol. The summed E-state index contributed by atoms with van der Waals surface area (Å²) in [4.78, 5) is 19.1. The van der Waals surface area contributed by atoms with Crippen molar-refractivity contribution in [1.29, 1.82) is 0 Å². The summed E-state index contributed by atoms with van der Waals surface area (Å²) in [6.45, 7) is 3.57. The molecule has 2 aromatic rings. The van der Waals surface area contributed by atoms with E-state index in [2.05, 4.69) is 9.55 Å². The number of para-hydroxylation sites is 1. The zero-order chi connectivity index (χ0) is 15.8. The highest BCUT2D eigenvalue weighted by Gasteiger charge is 2.34. The van der Waals surface area contributed by atoms with Gasteiger partial charge >= 0.3 is 0 Å². The molecule has 0 saturated carbocycles. The van der Waals surface area contributed by atoms with Crippen LogP contribution in [0.15, 0.2) is 36.7 Å². The van der Waals surface area contributed by atoms with Gasteiger partial charge in [-0.1, -0.05) is 18.2 Å². The van der Waals surface area contributed by atoms with E-state index in [1.807, 2.05) is 48.5 Å². The number of hydrogen-bond donors (Lipinski definition) is 0. The van der Waals surface area contributed by atoms with Gasteiger partial charge in [-0.05, 0) is 31.4 Å². The quantitative estimate of drug-likeness (QED) is 0.855. The van der Waals surface area contributed by atoms with E-state index in [9.17, 15) is 4.79 Å². The van der Waals surface area contributed by atoms with Gasteiger partial charge in [0.1, 0.15) is 11.6 Å². The first-order valence-electron chi connectivity index (χ1n) is 8.25. The Bertz CT molecular complexity index is 700. The molecule has 2 aliphatic heterocycles. The van der Waals surface area contributed by atoms with Crippen molar-refractivity contribution in [2.45, 2.75) is 38.3 Å². The van der Waals surface area contributed by atoms with Crippen molar-refractivity contribution in [3.8, 4) is 5.75 Å². The van der Waals surface area contributed by atoms with Gasteiger partial charge < -0.3 is 14.2 Å². The molecule has 5 nitrogen and oxygen atoms in total. The number of rotatable bonds is 2. The van der Waals surface area contributed by atoms with E-state index in [1.165, 1.54) is 0 Å². The molecule has 5 heteroatoms. The van der Waals surface area contributed by atoms with Gasteiger partial charge in [-0.3, -0.25) is 4.79 Å². The normalized spacial score (nSPS) is 23.4. The Hall–Kier alpha value is -2.30. The van der Waals surface area contributed by atoms with E-state index in [4.69, 9.17) is 4.74 Å². The highest BCUT2D eigenvalue weighted by molar-refractivity contribution is 5.82. The Morgan fingerprint density at radius 1 is 1.35 bits per heavy atom. The van der Waals surface area contributed by atoms with Crippen molar-refractivity contribution in [3.63, 3.8) is 0 Å². The highest BCUT2D eigenvalue weighted by atomic mass is 16.5. The van der Waals surface area contributed by atoms with Crippen molar-refractivity contribution in [2.24, 2.45) is 0 Å². The molecule has 0 radical (unpaired) electrons. The first-order chi connectivity index (χ1) is 11.2. The largest absolute Gasteiger partial charge is 0.480 e. The number of aryl methyl sites for hydroxylation is 1. The van der Waals surface area contributed by atoms with E-state index < -0.39 is 0 Å². The van der Waals surface area contributed by atoms with Crippen LogP contribution >= 0.6 is 0 Å². The maximum Gasteiger partial charge on any atom is 0.264 e. The van der Waals surface area contributed by atoms with Gasteiger partial charge in [-0.2, -0.15) is 0 Å². The summed E-state index contributed by atoms with van der Waals surface area (Å²) >= 11 is 0. The summed E-state index contributed by atoms with van der Waals surface area (Å²) < 4.78 is 8.05. The lowest BCUT2D eigenvalue weighted by atomic mass is 10.0. The fourth-order valence-corrected chi connectivity index (χ4v) is 3.68. The maximum absolute atomic E-state index is 12.8. The lowest BCUT2D eigenvalue weighted by Crippen LogP contribution is -2.46. The van der Waals surface area contributed by atoms with E-state index in [0.717, 1.165) is 43.1 Å². The molecule has 1 aromatic heterocycles. The second-order valence-electron chi connectivity index (χ2n) is 6.38. The average Bonchev–Trinajstić information content (AvgIpc) is 3.20. The van der Waals surface area contributed by atoms with Crippen molar-refractivity contribution >= 4 is 5.91 Å². The topological polar surface area (TPSA) is 47.4 Å². The van der Waals surface area contributed by atoms with Gasteiger partial charge in [0.15, 0.2) is 6.10 Å². The number of nitrogens with zero attached hydrogens (tertiary/aromatic N) is 3. The van der Waals surface area contributed by atoms with E-state index >= 15 is 0 Å². The van der Waals surface area contributed by atoms with Crippen LogP contribution in [0.5, 0.6) is 5.75 Å². The van der Waals surface area contributed by atoms with Crippen molar-refractivity contribution in [2.75, 3.05) is 13.1 Å². The first kappa shape index (κ1) is 14.3. The molecule has 1 saturated heterocycles. The van der Waals surface area contributed by atoms with Crippen molar-refractivity contribution in [3.05, 3.63) is 48.0 Å². The molecule has 2 aliphatic rings. The standard InChI is InChI=1S/C18H21N3O2/c1-13-19-8-10-21(13)15-6-4-9-20(12-15)18(22)17-11-14-5-2-3-7-16(14)23-17/h2-3,5,7-8,10,15,17H,4,6,9,11-12H2,1H3/t15-,17+/m1/s1. The summed E-state index contributed by atoms with van der Waals surface area (Å²) in [7, 11) is 0. The number of aromatic nitrogens is 2. The smallest absolute Gasteiger partial charge is 0.264 e. The summed E-state index contributed by atoms with van der Waals surface area (Å²) in [6.07, 6.45) is 6.26. The minimum atomic E-state index is -0.366. The molecule has 2 atom stereocenters. The summed E-state index contributed by atoms with van der Waals surface area (Å²) in [6, 6.07) is 8.24. The molecule has 0 N–H and O–H groups in total. The van der Waals surface area contributed by atoms with Gasteiger partial charge in [0.25, 0.3) is 5.91 Å². The Labute approximate surface area is 135 Å². The molecule has 3 heterocycles. The first-order valence-corrected chi connectivity index (χ1v) is 8.25. The summed E-state index contributed by atoms with van der Waals surface area (Å²) in [5, 5.41) is 0. The Kier molecular flexibility index (Phi) is 3.56. The SMILES string of the molecule is Cc1nccn1[C@@H]1CCCN(C(=O)[C@@H]2Cc3ccccc3O2)C1. The minimum absolute atomic E-state index is 0.115. The van der Waals surface area contributed by atoms with Crippen LogP contribution in [0.2, 0.25) is 0 Å². The lowest BCUT2D eigenvalue weighted by molar-refractivity contribution is -0.139. The Morgan fingerprint density at radius 3 is 3.00 bits per heavy atom. The van der Waals surface area contributed by atoms with E-state index in [1.54, 1.807) is 0 Å². The molecule has 0 aliphatic carbocycles. The molecule has 0 spiro atoms. The number of piperidine rings is 1. The van der Waals surface area contributed by atoms with Gasteiger partial charge in [0.05, 0.1) is 6.04 Å². The van der Waals surface area contributed by atoms with Crippen molar-refractivity contribution < 1.29 is 9.53 Å². The second-order valence-corrected chi connectivity index (χ2v) is 6.38. The van der Waals surface area contributed by atoms with Gasteiger partial charge in [0, 0.05) is 31.9 Å². The Morgan fingerprint density at radius 2 is 2.22 bits per heavy atom. The molecule has 120 valence electrons. The van der Waals surface area contributed by atoms with Gasteiger partial charge in [-0.15, -0.1) is 0 Å². The molecule has 0 bridgehead atoms. The number of fused-ring (bicyclic) bond motifs is 1. The van der Waals surface area contributed by atoms with E-state index in [0.29, 0.717) is 12.5 Å². The summed E-state index contributed by atoms with van der Waals surface area (Å²) in [5.74, 6) is 1.97. The number of carbonyl (C=O) groups excluding carboxylic acids is 1. The lowest BCUT2D eigenvalue weighted by Gasteiger charge is -2.35. The number of ether oxygens (including phenoxy) is 1. The molecule has 23 heavy (non-hydrogen) atoms. The molecule has 1 aromatic carbocycles. The average molecular weight is 311 g/mol. The molecule has 4 rings (SSSR count). The molecule has 1 amide bonds. The maximum atomic E-state index is 12.8. The van der Waals surface area contributed by atoms with Crippen LogP contribution in [0.25, 0.3) is 0 Å². The third kappa shape index (κ3) is 2.60. The van der Waals surface area contributed by atoms with Gasteiger partial charge in [-0.25, -0.2) is 4.98 Å². The number of hydrogen-bond acceptors (Lipinski definition) is 3. The second kappa shape index (κ2) is 5.72. The van der Waals surface area contributed by atoms with Crippen LogP contribution in [0.4, 0.5) is 0 Å². The zero-order valence-corrected chi connectivity index (χ0v) is 13.3. The molecule has 1 fully saturated rings. The number of amides is 1. The van der Waals surface area contributed by atoms with Crippen LogP contribution in [-0.4, -0.2) is 39.6 Å². The fourth-order valence-electron chi connectivity index (χ4n) is 3.68. The van der Waals surface area contributed by atoms with Gasteiger partial charge in [0.2, 0.25) is 0 Å². The predicted octanol–water partition coefficient (Wildman–Crippen LogP) is 2.36. The van der Waals surface area contributed by atoms with Crippen LogP contribution in [0.1, 0.15) is 30.3 Å². The van der Waals surface area contributed by atoms with Crippen molar-refractivity contribution in [1.82, 2.24) is 14.5 Å². The Balaban J connectivity index is 1.46. The highest BCUT2D eigenvalue weighted by Crippen LogP contribution is 2.30. The van der Waals surface area contributed by atoms with Crippen LogP contribution in [0, 0.1) is 6.92 Å². The zero-order valence-electron chi connectivity index (χ0n) is 13.3. The fraction of sp³-hybridized carbons (Fsp3) is 0.444. The predicted molar refractivity (Wildman–Crippen MR) is 86.4 cm³/mol.